The Morgan fingerprint density at radius 3 is 2.59 bits per heavy atom. The van der Waals surface area contributed by atoms with Crippen molar-refractivity contribution in [3.8, 4) is 11.5 Å². The number of ether oxygens (including phenoxy) is 3. The molecule has 0 aliphatic carbocycles. The zero-order valence-electron chi connectivity index (χ0n) is 16.0. The van der Waals surface area contributed by atoms with Crippen LogP contribution in [0, 0.1) is 5.92 Å². The summed E-state index contributed by atoms with van der Waals surface area (Å²) >= 11 is 3.44. The molecule has 2 aromatic rings. The van der Waals surface area contributed by atoms with E-state index in [0.717, 1.165) is 16.6 Å². The maximum atomic E-state index is 12.5. The molecular weight excluding hydrogens is 410 g/mol. The minimum atomic E-state index is -0.196. The molecular formula is C21H26BrNO4. The quantitative estimate of drug-likeness (QED) is 0.524. The lowest BCUT2D eigenvalue weighted by Crippen LogP contribution is -2.12. The number of rotatable bonds is 10. The molecule has 0 atom stereocenters. The Labute approximate surface area is 169 Å². The van der Waals surface area contributed by atoms with Gasteiger partial charge >= 0.3 is 0 Å². The highest BCUT2D eigenvalue weighted by Crippen LogP contribution is 2.27. The number of methoxy groups -OCH3 is 1. The number of nitrogens with one attached hydrogen (secondary N) is 1. The van der Waals surface area contributed by atoms with Gasteiger partial charge in [-0.15, -0.1) is 0 Å². The third-order valence-electron chi connectivity index (χ3n) is 3.79. The van der Waals surface area contributed by atoms with Crippen LogP contribution in [0.15, 0.2) is 46.9 Å². The van der Waals surface area contributed by atoms with Gasteiger partial charge in [-0.25, -0.2) is 0 Å². The average molecular weight is 436 g/mol. The van der Waals surface area contributed by atoms with Crippen LogP contribution < -0.4 is 14.8 Å². The van der Waals surface area contributed by atoms with Crippen LogP contribution >= 0.6 is 15.9 Å². The second-order valence-electron chi connectivity index (χ2n) is 6.50. The molecule has 5 nitrogen and oxygen atoms in total. The highest BCUT2D eigenvalue weighted by molar-refractivity contribution is 9.10. The maximum absolute atomic E-state index is 12.5. The fourth-order valence-electron chi connectivity index (χ4n) is 2.27. The van der Waals surface area contributed by atoms with Crippen LogP contribution in [0.5, 0.6) is 11.5 Å². The lowest BCUT2D eigenvalue weighted by Gasteiger charge is -2.11. The summed E-state index contributed by atoms with van der Waals surface area (Å²) in [5.74, 6) is 1.81. The van der Waals surface area contributed by atoms with E-state index < -0.39 is 0 Å². The van der Waals surface area contributed by atoms with Gasteiger partial charge in [0.2, 0.25) is 0 Å². The van der Waals surface area contributed by atoms with E-state index >= 15 is 0 Å². The maximum Gasteiger partial charge on any atom is 0.255 e. The number of anilines is 1. The summed E-state index contributed by atoms with van der Waals surface area (Å²) in [6, 6.07) is 12.6. The second-order valence-corrected chi connectivity index (χ2v) is 7.35. The van der Waals surface area contributed by atoms with E-state index in [1.54, 1.807) is 25.3 Å². The van der Waals surface area contributed by atoms with E-state index in [1.165, 1.54) is 0 Å². The molecule has 0 fully saturated rings. The SMILES string of the molecule is COCCOc1ccc(C(=O)Nc2cccc(OCCC(C)C)c2)cc1Br. The summed E-state index contributed by atoms with van der Waals surface area (Å²) in [5.41, 5.74) is 1.23. The Morgan fingerprint density at radius 2 is 1.89 bits per heavy atom. The van der Waals surface area contributed by atoms with Crippen LogP contribution in [0.3, 0.4) is 0 Å². The van der Waals surface area contributed by atoms with Gasteiger partial charge < -0.3 is 19.5 Å². The largest absolute Gasteiger partial charge is 0.494 e. The molecule has 146 valence electrons. The van der Waals surface area contributed by atoms with E-state index in [4.69, 9.17) is 14.2 Å². The summed E-state index contributed by atoms with van der Waals surface area (Å²) in [4.78, 5) is 12.5. The van der Waals surface area contributed by atoms with Crippen molar-refractivity contribution in [2.75, 3.05) is 32.2 Å². The number of benzene rings is 2. The first-order chi connectivity index (χ1) is 13.0. The van der Waals surface area contributed by atoms with Crippen molar-refractivity contribution in [2.24, 2.45) is 5.92 Å². The zero-order chi connectivity index (χ0) is 19.6. The number of hydrogen-bond acceptors (Lipinski definition) is 4. The van der Waals surface area contributed by atoms with Crippen LogP contribution in [0.25, 0.3) is 0 Å². The molecule has 2 aromatic carbocycles. The van der Waals surface area contributed by atoms with Gasteiger partial charge in [0.1, 0.15) is 18.1 Å². The number of halogens is 1. The van der Waals surface area contributed by atoms with E-state index in [2.05, 4.69) is 35.1 Å². The van der Waals surface area contributed by atoms with Crippen LogP contribution in [0.4, 0.5) is 5.69 Å². The van der Waals surface area contributed by atoms with Crippen molar-refractivity contribution >= 4 is 27.5 Å². The minimum absolute atomic E-state index is 0.196. The smallest absolute Gasteiger partial charge is 0.255 e. The van der Waals surface area contributed by atoms with Crippen molar-refractivity contribution in [1.82, 2.24) is 0 Å². The number of hydrogen-bond donors (Lipinski definition) is 1. The van der Waals surface area contributed by atoms with E-state index in [9.17, 15) is 4.79 Å². The first kappa shape index (κ1) is 21.3. The Bertz CT molecular complexity index is 749. The summed E-state index contributed by atoms with van der Waals surface area (Å²) < 4.78 is 17.0. The lowest BCUT2D eigenvalue weighted by molar-refractivity contribution is 0.102. The second kappa shape index (κ2) is 10.9. The van der Waals surface area contributed by atoms with Gasteiger partial charge in [0.15, 0.2) is 0 Å². The molecule has 0 saturated carbocycles. The summed E-state index contributed by atoms with van der Waals surface area (Å²) in [6.07, 6.45) is 0.989. The van der Waals surface area contributed by atoms with Crippen molar-refractivity contribution < 1.29 is 19.0 Å². The van der Waals surface area contributed by atoms with Gasteiger partial charge in [-0.05, 0) is 58.6 Å². The van der Waals surface area contributed by atoms with Crippen LogP contribution in [0.2, 0.25) is 0 Å². The molecule has 0 saturated heterocycles. The molecule has 1 N–H and O–H groups in total. The Balaban J connectivity index is 1.97. The van der Waals surface area contributed by atoms with E-state index in [0.29, 0.717) is 42.7 Å². The predicted molar refractivity (Wildman–Crippen MR) is 111 cm³/mol. The highest BCUT2D eigenvalue weighted by Gasteiger charge is 2.10. The van der Waals surface area contributed by atoms with Crippen LogP contribution in [-0.2, 0) is 4.74 Å². The summed E-state index contributed by atoms with van der Waals surface area (Å²) in [6.45, 7) is 5.93. The van der Waals surface area contributed by atoms with Gasteiger partial charge in [0.25, 0.3) is 5.91 Å². The van der Waals surface area contributed by atoms with Crippen molar-refractivity contribution in [3.63, 3.8) is 0 Å². The molecule has 1 amide bonds. The number of carbonyl (C=O) groups is 1. The highest BCUT2D eigenvalue weighted by atomic mass is 79.9. The van der Waals surface area contributed by atoms with Crippen LogP contribution in [0.1, 0.15) is 30.6 Å². The monoisotopic (exact) mass is 435 g/mol. The topological polar surface area (TPSA) is 56.8 Å². The number of carbonyl (C=O) groups excluding carboxylic acids is 1. The molecule has 0 aliphatic heterocycles. The molecule has 6 heteroatoms. The molecule has 0 radical (unpaired) electrons. The van der Waals surface area contributed by atoms with Crippen molar-refractivity contribution in [3.05, 3.63) is 52.5 Å². The molecule has 0 bridgehead atoms. The molecule has 2 rings (SSSR count). The third-order valence-corrected chi connectivity index (χ3v) is 4.41. The Morgan fingerprint density at radius 1 is 1.07 bits per heavy atom. The standard InChI is InChI=1S/C21H26BrNO4/c1-15(2)9-10-26-18-6-4-5-17(14-18)23-21(24)16-7-8-20(19(22)13-16)27-12-11-25-3/h4-8,13-15H,9-12H2,1-3H3,(H,23,24). The fourth-order valence-corrected chi connectivity index (χ4v) is 2.77. The predicted octanol–water partition coefficient (Wildman–Crippen LogP) is 5.15. The van der Waals surface area contributed by atoms with Gasteiger partial charge in [-0.3, -0.25) is 4.79 Å². The summed E-state index contributed by atoms with van der Waals surface area (Å²) in [7, 11) is 1.62. The van der Waals surface area contributed by atoms with Gasteiger partial charge in [0, 0.05) is 24.4 Å². The van der Waals surface area contributed by atoms with E-state index in [1.807, 2.05) is 24.3 Å². The third kappa shape index (κ3) is 7.23. The van der Waals surface area contributed by atoms with Crippen LogP contribution in [-0.4, -0.2) is 32.8 Å². The molecule has 0 unspecified atom stereocenters. The van der Waals surface area contributed by atoms with Crippen molar-refractivity contribution in [2.45, 2.75) is 20.3 Å². The average Bonchev–Trinajstić information content (AvgIpc) is 2.63. The van der Waals surface area contributed by atoms with Gasteiger partial charge in [0.05, 0.1) is 17.7 Å². The number of amides is 1. The Kier molecular flexibility index (Phi) is 8.61. The summed E-state index contributed by atoms with van der Waals surface area (Å²) in [5, 5.41) is 2.90. The Hall–Kier alpha value is -2.05. The first-order valence-corrected chi connectivity index (χ1v) is 9.74. The normalized spacial score (nSPS) is 10.7. The molecule has 0 aliphatic rings. The van der Waals surface area contributed by atoms with Gasteiger partial charge in [-0.2, -0.15) is 0 Å². The molecule has 0 heterocycles. The molecule has 0 spiro atoms. The first-order valence-electron chi connectivity index (χ1n) is 8.95. The van der Waals surface area contributed by atoms with Crippen molar-refractivity contribution in [1.29, 1.82) is 0 Å². The lowest BCUT2D eigenvalue weighted by atomic mass is 10.1. The van der Waals surface area contributed by atoms with Gasteiger partial charge in [-0.1, -0.05) is 19.9 Å². The zero-order valence-corrected chi connectivity index (χ0v) is 17.5. The van der Waals surface area contributed by atoms with E-state index in [-0.39, 0.29) is 5.91 Å². The molecule has 0 aromatic heterocycles. The minimum Gasteiger partial charge on any atom is -0.494 e. The fraction of sp³-hybridized carbons (Fsp3) is 0.381. The molecule has 27 heavy (non-hydrogen) atoms.